The van der Waals surface area contributed by atoms with E-state index >= 15 is 0 Å². The molecule has 2 rings (SSSR count). The van der Waals surface area contributed by atoms with Crippen LogP contribution >= 0.6 is 11.6 Å². The Balaban J connectivity index is 2.03. The van der Waals surface area contributed by atoms with Crippen LogP contribution in [0.2, 0.25) is 5.02 Å². The molecule has 1 N–H and O–H groups in total. The minimum absolute atomic E-state index is 0.0407. The molecule has 142 valence electrons. The van der Waals surface area contributed by atoms with E-state index in [1.165, 1.54) is 0 Å². The van der Waals surface area contributed by atoms with Gasteiger partial charge >= 0.3 is 5.22 Å². The predicted octanol–water partition coefficient (Wildman–Crippen LogP) is 2.41. The van der Waals surface area contributed by atoms with Gasteiger partial charge < -0.3 is 14.5 Å². The third-order valence-corrected chi connectivity index (χ3v) is 4.31. The Morgan fingerprint density at radius 1 is 1.27 bits per heavy atom. The molecule has 26 heavy (non-hydrogen) atoms. The van der Waals surface area contributed by atoms with Crippen molar-refractivity contribution in [2.75, 3.05) is 12.9 Å². The molecule has 1 atom stereocenters. The first-order valence-corrected chi connectivity index (χ1v) is 10.1. The zero-order valence-corrected chi connectivity index (χ0v) is 16.2. The van der Waals surface area contributed by atoms with Crippen LogP contribution in [0.4, 0.5) is 0 Å². The number of hydrogen-bond acceptors (Lipinski definition) is 7. The molecule has 0 unspecified atom stereocenters. The number of sulfone groups is 1. The third-order valence-electron chi connectivity index (χ3n) is 3.26. The average molecular weight is 402 g/mol. The van der Waals surface area contributed by atoms with E-state index in [1.54, 1.807) is 24.3 Å². The van der Waals surface area contributed by atoms with E-state index in [-0.39, 0.29) is 18.4 Å². The summed E-state index contributed by atoms with van der Waals surface area (Å²) in [6.45, 7) is 3.69. The SMILES string of the molecule is CC(C)C[C@H](NC(=O)COc1ccc(Cl)cc1)c1nnc(S(C)(=O)=O)o1. The lowest BCUT2D eigenvalue weighted by molar-refractivity contribution is -0.124. The molecule has 0 aliphatic heterocycles. The zero-order chi connectivity index (χ0) is 19.3. The number of carbonyl (C=O) groups excluding carboxylic acids is 1. The van der Waals surface area contributed by atoms with E-state index < -0.39 is 27.0 Å². The largest absolute Gasteiger partial charge is 0.484 e. The van der Waals surface area contributed by atoms with Crippen molar-refractivity contribution in [3.05, 3.63) is 35.2 Å². The number of hydrogen-bond donors (Lipinski definition) is 1. The van der Waals surface area contributed by atoms with E-state index in [9.17, 15) is 13.2 Å². The Kier molecular flexibility index (Phi) is 6.60. The summed E-state index contributed by atoms with van der Waals surface area (Å²) >= 11 is 5.79. The van der Waals surface area contributed by atoms with Gasteiger partial charge in [0.05, 0.1) is 0 Å². The number of halogens is 1. The quantitative estimate of drug-likeness (QED) is 0.722. The van der Waals surface area contributed by atoms with Gasteiger partial charge in [-0.1, -0.05) is 30.5 Å². The predicted molar refractivity (Wildman–Crippen MR) is 94.7 cm³/mol. The molecule has 1 aromatic heterocycles. The smallest absolute Gasteiger partial charge is 0.335 e. The fourth-order valence-corrected chi connectivity index (χ4v) is 2.67. The van der Waals surface area contributed by atoms with Crippen molar-refractivity contribution in [1.29, 1.82) is 0 Å². The maximum absolute atomic E-state index is 12.2. The molecule has 1 aromatic carbocycles. The maximum Gasteiger partial charge on any atom is 0.335 e. The minimum atomic E-state index is -3.61. The van der Waals surface area contributed by atoms with Gasteiger partial charge in [-0.2, -0.15) is 0 Å². The van der Waals surface area contributed by atoms with Gasteiger partial charge in [-0.3, -0.25) is 4.79 Å². The molecule has 8 nitrogen and oxygen atoms in total. The van der Waals surface area contributed by atoms with Gasteiger partial charge in [-0.15, -0.1) is 5.10 Å². The molecule has 0 radical (unpaired) electrons. The summed E-state index contributed by atoms with van der Waals surface area (Å²) in [6.07, 6.45) is 1.47. The monoisotopic (exact) mass is 401 g/mol. The van der Waals surface area contributed by atoms with E-state index in [4.69, 9.17) is 20.8 Å². The van der Waals surface area contributed by atoms with Crippen LogP contribution in [0.3, 0.4) is 0 Å². The Hall–Kier alpha value is -2.13. The van der Waals surface area contributed by atoms with Crippen molar-refractivity contribution in [2.24, 2.45) is 5.92 Å². The molecular weight excluding hydrogens is 382 g/mol. The second kappa shape index (κ2) is 8.50. The lowest BCUT2D eigenvalue weighted by Crippen LogP contribution is -2.33. The Morgan fingerprint density at radius 2 is 1.92 bits per heavy atom. The zero-order valence-electron chi connectivity index (χ0n) is 14.6. The second-order valence-electron chi connectivity index (χ2n) is 6.17. The van der Waals surface area contributed by atoms with Gasteiger partial charge in [0.25, 0.3) is 5.91 Å². The number of benzene rings is 1. The van der Waals surface area contributed by atoms with Gasteiger partial charge in [0.15, 0.2) is 6.61 Å². The van der Waals surface area contributed by atoms with E-state index in [2.05, 4.69) is 15.5 Å². The number of nitrogens with one attached hydrogen (secondary N) is 1. The van der Waals surface area contributed by atoms with Crippen LogP contribution in [0.5, 0.6) is 5.75 Å². The Morgan fingerprint density at radius 3 is 2.46 bits per heavy atom. The molecule has 10 heteroatoms. The summed E-state index contributed by atoms with van der Waals surface area (Å²) in [7, 11) is -3.61. The number of amides is 1. The van der Waals surface area contributed by atoms with E-state index in [1.807, 2.05) is 13.8 Å². The van der Waals surface area contributed by atoms with Gasteiger partial charge in [0, 0.05) is 11.3 Å². The average Bonchev–Trinajstić information content (AvgIpc) is 3.03. The van der Waals surface area contributed by atoms with Crippen molar-refractivity contribution >= 4 is 27.3 Å². The molecular formula is C16H20ClN3O5S. The molecule has 0 saturated heterocycles. The molecule has 0 saturated carbocycles. The first kappa shape index (κ1) is 20.2. The topological polar surface area (TPSA) is 111 Å². The molecule has 1 amide bonds. The van der Waals surface area contributed by atoms with E-state index in [0.717, 1.165) is 6.26 Å². The highest BCUT2D eigenvalue weighted by molar-refractivity contribution is 7.90. The summed E-state index contributed by atoms with van der Waals surface area (Å²) in [5.41, 5.74) is 0. The summed E-state index contributed by atoms with van der Waals surface area (Å²) in [5, 5.41) is 10.1. The highest BCUT2D eigenvalue weighted by Crippen LogP contribution is 2.22. The van der Waals surface area contributed by atoms with Crippen molar-refractivity contribution in [3.63, 3.8) is 0 Å². The van der Waals surface area contributed by atoms with Crippen molar-refractivity contribution in [2.45, 2.75) is 31.5 Å². The lowest BCUT2D eigenvalue weighted by Gasteiger charge is -2.17. The normalized spacial score (nSPS) is 12.8. The fourth-order valence-electron chi connectivity index (χ4n) is 2.12. The summed E-state index contributed by atoms with van der Waals surface area (Å²) < 4.78 is 33.6. The van der Waals surface area contributed by atoms with Gasteiger partial charge in [0.2, 0.25) is 15.7 Å². The summed E-state index contributed by atoms with van der Waals surface area (Å²) in [6, 6.07) is 6.00. The fraction of sp³-hybridized carbons (Fsp3) is 0.438. The standard InChI is InChI=1S/C16H20ClN3O5S/c1-10(2)8-13(15-19-20-16(25-15)26(3,22)23)18-14(21)9-24-12-6-4-11(17)5-7-12/h4-7,10,13H,8-9H2,1-3H3,(H,18,21)/t13-/m0/s1. The van der Waals surface area contributed by atoms with Gasteiger partial charge in [-0.05, 0) is 36.6 Å². The second-order valence-corrected chi connectivity index (χ2v) is 8.50. The molecule has 0 bridgehead atoms. The van der Waals surface area contributed by atoms with Crippen LogP contribution in [-0.4, -0.2) is 37.4 Å². The first-order chi connectivity index (χ1) is 12.1. The molecule has 0 fully saturated rings. The third kappa shape index (κ3) is 5.99. The number of ether oxygens (including phenoxy) is 1. The maximum atomic E-state index is 12.2. The van der Waals surface area contributed by atoms with Crippen molar-refractivity contribution < 1.29 is 22.4 Å². The minimum Gasteiger partial charge on any atom is -0.484 e. The first-order valence-electron chi connectivity index (χ1n) is 7.86. The van der Waals surface area contributed by atoms with E-state index in [0.29, 0.717) is 17.2 Å². The van der Waals surface area contributed by atoms with Crippen LogP contribution in [0.15, 0.2) is 33.9 Å². The van der Waals surface area contributed by atoms with Gasteiger partial charge in [-0.25, -0.2) is 8.42 Å². The van der Waals surface area contributed by atoms with Crippen LogP contribution in [-0.2, 0) is 14.6 Å². The van der Waals surface area contributed by atoms with Crippen LogP contribution < -0.4 is 10.1 Å². The lowest BCUT2D eigenvalue weighted by atomic mass is 10.0. The number of carbonyl (C=O) groups is 1. The Labute approximate surface area is 156 Å². The molecule has 0 aliphatic carbocycles. The Bertz CT molecular complexity index is 849. The summed E-state index contributed by atoms with van der Waals surface area (Å²) in [5.74, 6) is 0.344. The molecule has 0 aliphatic rings. The number of rotatable bonds is 8. The molecule has 1 heterocycles. The molecule has 0 spiro atoms. The van der Waals surface area contributed by atoms with Crippen LogP contribution in [0.25, 0.3) is 0 Å². The highest BCUT2D eigenvalue weighted by Gasteiger charge is 2.25. The van der Waals surface area contributed by atoms with Crippen LogP contribution in [0.1, 0.15) is 32.2 Å². The number of nitrogens with zero attached hydrogens (tertiary/aromatic N) is 2. The highest BCUT2D eigenvalue weighted by atomic mass is 35.5. The van der Waals surface area contributed by atoms with Crippen molar-refractivity contribution in [1.82, 2.24) is 15.5 Å². The van der Waals surface area contributed by atoms with Crippen LogP contribution in [0, 0.1) is 5.92 Å². The van der Waals surface area contributed by atoms with Crippen molar-refractivity contribution in [3.8, 4) is 5.75 Å². The molecule has 2 aromatic rings. The summed E-state index contributed by atoms with van der Waals surface area (Å²) in [4.78, 5) is 12.2. The van der Waals surface area contributed by atoms with Gasteiger partial charge in [0.1, 0.15) is 11.8 Å². The number of aromatic nitrogens is 2.